The molecule has 0 saturated heterocycles. The largest absolute Gasteiger partial charge is 0.495 e. The maximum Gasteiger partial charge on any atom is 0.135 e. The van der Waals surface area contributed by atoms with Crippen molar-refractivity contribution in [2.75, 3.05) is 12.4 Å². The SMILES string of the molecule is COc1cc(NC(C)c2ccsc2)c(Br)cc1Br. The molecule has 5 heteroatoms. The summed E-state index contributed by atoms with van der Waals surface area (Å²) in [6.45, 7) is 2.14. The fourth-order valence-electron chi connectivity index (χ4n) is 1.63. The van der Waals surface area contributed by atoms with Gasteiger partial charge in [-0.2, -0.15) is 11.3 Å². The third-order valence-corrected chi connectivity index (χ3v) is 4.63. The lowest BCUT2D eigenvalue weighted by Gasteiger charge is -2.17. The molecule has 0 spiro atoms. The Hall–Kier alpha value is -0.520. The van der Waals surface area contributed by atoms with E-state index in [1.807, 2.05) is 12.1 Å². The minimum atomic E-state index is 0.262. The van der Waals surface area contributed by atoms with Crippen molar-refractivity contribution in [1.82, 2.24) is 0 Å². The van der Waals surface area contributed by atoms with Gasteiger partial charge in [0.15, 0.2) is 0 Å². The number of benzene rings is 1. The Morgan fingerprint density at radius 3 is 2.67 bits per heavy atom. The predicted molar refractivity (Wildman–Crippen MR) is 84.8 cm³/mol. The van der Waals surface area contributed by atoms with Crippen molar-refractivity contribution in [2.24, 2.45) is 0 Å². The monoisotopic (exact) mass is 389 g/mol. The third kappa shape index (κ3) is 3.08. The second-order valence-electron chi connectivity index (χ2n) is 3.89. The zero-order chi connectivity index (χ0) is 13.1. The van der Waals surface area contributed by atoms with Gasteiger partial charge in [0.1, 0.15) is 5.75 Å². The molecule has 0 saturated carbocycles. The second-order valence-corrected chi connectivity index (χ2v) is 6.38. The van der Waals surface area contributed by atoms with E-state index in [2.05, 4.69) is 60.9 Å². The Kier molecular flexibility index (Phi) is 4.70. The number of methoxy groups -OCH3 is 1. The lowest BCUT2D eigenvalue weighted by atomic mass is 10.1. The Morgan fingerprint density at radius 1 is 1.28 bits per heavy atom. The first kappa shape index (κ1) is 13.9. The predicted octanol–water partition coefficient (Wildman–Crippen LogP) is 5.45. The van der Waals surface area contributed by atoms with Crippen molar-refractivity contribution in [3.8, 4) is 5.75 Å². The molecule has 1 unspecified atom stereocenters. The topological polar surface area (TPSA) is 21.3 Å². The first-order valence-electron chi connectivity index (χ1n) is 5.43. The van der Waals surface area contributed by atoms with Crippen molar-refractivity contribution in [1.29, 1.82) is 0 Å². The summed E-state index contributed by atoms with van der Waals surface area (Å²) in [4.78, 5) is 0. The van der Waals surface area contributed by atoms with E-state index in [1.54, 1.807) is 18.4 Å². The molecule has 1 heterocycles. The zero-order valence-corrected chi connectivity index (χ0v) is 14.0. The van der Waals surface area contributed by atoms with Crippen LogP contribution >= 0.6 is 43.2 Å². The molecule has 1 atom stereocenters. The average Bonchev–Trinajstić information content (AvgIpc) is 2.86. The van der Waals surface area contributed by atoms with Gasteiger partial charge in [-0.1, -0.05) is 0 Å². The standard InChI is InChI=1S/C13H13Br2NOS/c1-8(9-3-4-18-7-9)16-12-6-13(17-2)11(15)5-10(12)14/h3-8,16H,1-2H3. The number of hydrogen-bond acceptors (Lipinski definition) is 3. The van der Waals surface area contributed by atoms with Crippen LogP contribution in [-0.4, -0.2) is 7.11 Å². The summed E-state index contributed by atoms with van der Waals surface area (Å²) in [7, 11) is 1.67. The highest BCUT2D eigenvalue weighted by Gasteiger charge is 2.11. The number of halogens is 2. The van der Waals surface area contributed by atoms with Crippen LogP contribution < -0.4 is 10.1 Å². The molecular weight excluding hydrogens is 378 g/mol. The molecular formula is C13H13Br2NOS. The van der Waals surface area contributed by atoms with Crippen LogP contribution in [0.1, 0.15) is 18.5 Å². The summed E-state index contributed by atoms with van der Waals surface area (Å²) in [6, 6.07) is 6.36. The van der Waals surface area contributed by atoms with Crippen molar-refractivity contribution < 1.29 is 4.74 Å². The van der Waals surface area contributed by atoms with E-state index >= 15 is 0 Å². The fourth-order valence-corrected chi connectivity index (χ4v) is 3.66. The summed E-state index contributed by atoms with van der Waals surface area (Å²) in [5, 5.41) is 7.72. The quantitative estimate of drug-likeness (QED) is 0.748. The van der Waals surface area contributed by atoms with Crippen LogP contribution in [0.5, 0.6) is 5.75 Å². The molecule has 0 bridgehead atoms. The first-order chi connectivity index (χ1) is 8.61. The molecule has 0 aliphatic carbocycles. The lowest BCUT2D eigenvalue weighted by molar-refractivity contribution is 0.412. The molecule has 1 N–H and O–H groups in total. The smallest absolute Gasteiger partial charge is 0.135 e. The number of rotatable bonds is 4. The van der Waals surface area contributed by atoms with Crippen molar-refractivity contribution in [3.63, 3.8) is 0 Å². The van der Waals surface area contributed by atoms with Gasteiger partial charge in [-0.3, -0.25) is 0 Å². The molecule has 2 nitrogen and oxygen atoms in total. The molecule has 18 heavy (non-hydrogen) atoms. The van der Waals surface area contributed by atoms with Crippen LogP contribution in [0.4, 0.5) is 5.69 Å². The molecule has 0 amide bonds. The van der Waals surface area contributed by atoms with E-state index in [4.69, 9.17) is 4.74 Å². The molecule has 0 aliphatic rings. The van der Waals surface area contributed by atoms with Gasteiger partial charge in [-0.15, -0.1) is 0 Å². The number of nitrogens with one attached hydrogen (secondary N) is 1. The molecule has 2 rings (SSSR count). The Balaban J connectivity index is 2.23. The third-order valence-electron chi connectivity index (χ3n) is 2.66. The van der Waals surface area contributed by atoms with Gasteiger partial charge in [-0.05, 0) is 67.2 Å². The molecule has 1 aromatic heterocycles. The molecule has 0 aliphatic heterocycles. The number of hydrogen-bond donors (Lipinski definition) is 1. The van der Waals surface area contributed by atoms with E-state index in [1.165, 1.54) is 5.56 Å². The second kappa shape index (κ2) is 6.08. The summed E-state index contributed by atoms with van der Waals surface area (Å²) < 4.78 is 7.25. The zero-order valence-electron chi connectivity index (χ0n) is 10.0. The van der Waals surface area contributed by atoms with Crippen LogP contribution in [-0.2, 0) is 0 Å². The first-order valence-corrected chi connectivity index (χ1v) is 7.96. The van der Waals surface area contributed by atoms with Gasteiger partial charge in [0.2, 0.25) is 0 Å². The molecule has 96 valence electrons. The van der Waals surface area contributed by atoms with E-state index < -0.39 is 0 Å². The maximum atomic E-state index is 5.31. The van der Waals surface area contributed by atoms with E-state index in [9.17, 15) is 0 Å². The molecule has 1 aromatic carbocycles. The average molecular weight is 391 g/mol. The van der Waals surface area contributed by atoms with Crippen LogP contribution in [0.2, 0.25) is 0 Å². The highest BCUT2D eigenvalue weighted by atomic mass is 79.9. The van der Waals surface area contributed by atoms with Crippen molar-refractivity contribution in [3.05, 3.63) is 43.5 Å². The molecule has 0 radical (unpaired) electrons. The maximum absolute atomic E-state index is 5.31. The van der Waals surface area contributed by atoms with Gasteiger partial charge in [0, 0.05) is 16.6 Å². The molecule has 0 fully saturated rings. The van der Waals surface area contributed by atoms with Crippen LogP contribution in [0.15, 0.2) is 37.9 Å². The number of thiophene rings is 1. The van der Waals surface area contributed by atoms with Gasteiger partial charge >= 0.3 is 0 Å². The Morgan fingerprint density at radius 2 is 2.06 bits per heavy atom. The van der Waals surface area contributed by atoms with Crippen LogP contribution in [0.25, 0.3) is 0 Å². The number of ether oxygens (including phenoxy) is 1. The highest BCUT2D eigenvalue weighted by Crippen LogP contribution is 2.36. The Bertz CT molecular complexity index is 528. The van der Waals surface area contributed by atoms with E-state index in [-0.39, 0.29) is 6.04 Å². The summed E-state index contributed by atoms with van der Waals surface area (Å²) in [5.74, 6) is 0.818. The molecule has 2 aromatic rings. The van der Waals surface area contributed by atoms with Gasteiger partial charge in [0.25, 0.3) is 0 Å². The minimum absolute atomic E-state index is 0.262. The van der Waals surface area contributed by atoms with Crippen molar-refractivity contribution >= 4 is 48.9 Å². The van der Waals surface area contributed by atoms with E-state index in [0.29, 0.717) is 0 Å². The van der Waals surface area contributed by atoms with E-state index in [0.717, 1.165) is 20.4 Å². The summed E-state index contributed by atoms with van der Waals surface area (Å²) in [5.41, 5.74) is 2.31. The highest BCUT2D eigenvalue weighted by molar-refractivity contribution is 9.11. The fraction of sp³-hybridized carbons (Fsp3) is 0.231. The van der Waals surface area contributed by atoms with Gasteiger partial charge in [0.05, 0.1) is 17.3 Å². The Labute approximate surface area is 128 Å². The van der Waals surface area contributed by atoms with Crippen LogP contribution in [0.3, 0.4) is 0 Å². The summed E-state index contributed by atoms with van der Waals surface area (Å²) in [6.07, 6.45) is 0. The van der Waals surface area contributed by atoms with Gasteiger partial charge in [-0.25, -0.2) is 0 Å². The summed E-state index contributed by atoms with van der Waals surface area (Å²) >= 11 is 8.73. The normalized spacial score (nSPS) is 12.2. The minimum Gasteiger partial charge on any atom is -0.495 e. The van der Waals surface area contributed by atoms with Crippen molar-refractivity contribution in [2.45, 2.75) is 13.0 Å². The lowest BCUT2D eigenvalue weighted by Crippen LogP contribution is -2.06. The van der Waals surface area contributed by atoms with Crippen LogP contribution in [0, 0.1) is 0 Å². The number of anilines is 1. The van der Waals surface area contributed by atoms with Gasteiger partial charge < -0.3 is 10.1 Å².